The highest BCUT2D eigenvalue weighted by atomic mass is 16.3. The zero-order valence-corrected chi connectivity index (χ0v) is 20.9. The number of hydrogen-bond acceptors (Lipinski definition) is 5. The van der Waals surface area contributed by atoms with Crippen molar-refractivity contribution in [3.63, 3.8) is 0 Å². The molecule has 1 aromatic heterocycles. The number of carbonyl (C=O) groups excluding carboxylic acids is 1. The zero-order valence-electron chi connectivity index (χ0n) is 20.9. The number of nitrogens with zero attached hydrogens (tertiary/aromatic N) is 4. The third kappa shape index (κ3) is 4.24. The average Bonchev–Trinajstić information content (AvgIpc) is 3.65. The van der Waals surface area contributed by atoms with Crippen LogP contribution in [0.4, 0.5) is 4.79 Å². The van der Waals surface area contributed by atoms with E-state index in [9.17, 15) is 14.7 Å². The molecule has 2 saturated heterocycles. The topological polar surface area (TPSA) is 90.7 Å². The van der Waals surface area contributed by atoms with Gasteiger partial charge >= 0.3 is 6.03 Å². The van der Waals surface area contributed by atoms with Crippen molar-refractivity contribution in [3.8, 4) is 0 Å². The summed E-state index contributed by atoms with van der Waals surface area (Å²) in [6, 6.07) is 11.9. The van der Waals surface area contributed by atoms with Crippen LogP contribution < -0.4 is 10.9 Å². The second-order valence-corrected chi connectivity index (χ2v) is 11.4. The van der Waals surface area contributed by atoms with Crippen LogP contribution in [0.1, 0.15) is 68.2 Å². The lowest BCUT2D eigenvalue weighted by atomic mass is 9.66. The first-order chi connectivity index (χ1) is 17.5. The molecular formula is C28H37N5O3. The maximum Gasteiger partial charge on any atom is 0.320 e. The van der Waals surface area contributed by atoms with Crippen molar-refractivity contribution in [2.24, 2.45) is 5.41 Å². The fourth-order valence-electron chi connectivity index (χ4n) is 6.79. The van der Waals surface area contributed by atoms with Crippen molar-refractivity contribution in [2.45, 2.75) is 69.1 Å². The van der Waals surface area contributed by atoms with Gasteiger partial charge in [0.2, 0.25) is 0 Å². The summed E-state index contributed by atoms with van der Waals surface area (Å²) in [4.78, 5) is 35.3. The molecule has 4 aliphatic rings. The van der Waals surface area contributed by atoms with Crippen LogP contribution >= 0.6 is 0 Å². The lowest BCUT2D eigenvalue weighted by Crippen LogP contribution is -2.64. The van der Waals surface area contributed by atoms with E-state index in [1.54, 1.807) is 17.0 Å². The Bertz CT molecular complexity index is 1160. The molecule has 8 heteroatoms. The quantitative estimate of drug-likeness (QED) is 0.687. The Kier molecular flexibility index (Phi) is 6.12. The largest absolute Gasteiger partial charge is 0.387 e. The number of nitrogens with one attached hydrogen (secondary N) is 1. The standard InChI is InChI=1S/C28H37N5O3/c34-25-16-23(21-8-9-21)30-20-32(25)19-28(36)12-14-31(18-27(28)10-4-5-11-27)26(35)33-15-13-29-17-24(33)22-6-2-1-3-7-22/h1-3,6-7,16,20-21,24,29,36H,4-5,8-15,17-19H2/t24-,28+/m0/s1. The number of benzene rings is 1. The molecule has 2 amide bonds. The normalized spacial score (nSPS) is 28.0. The molecule has 8 nitrogen and oxygen atoms in total. The van der Waals surface area contributed by atoms with Crippen molar-refractivity contribution in [3.05, 3.63) is 64.3 Å². The minimum Gasteiger partial charge on any atom is -0.387 e. The number of urea groups is 1. The maximum atomic E-state index is 13.9. The molecular weight excluding hydrogens is 454 g/mol. The van der Waals surface area contributed by atoms with Crippen LogP contribution in [0, 0.1) is 5.41 Å². The second kappa shape index (κ2) is 9.30. The molecule has 4 fully saturated rings. The number of likely N-dealkylation sites (tertiary alicyclic amines) is 1. The summed E-state index contributed by atoms with van der Waals surface area (Å²) in [6.07, 6.45) is 8.13. The number of aromatic nitrogens is 2. The Balaban J connectivity index is 1.22. The number of rotatable bonds is 4. The third-order valence-electron chi connectivity index (χ3n) is 9.11. The predicted octanol–water partition coefficient (Wildman–Crippen LogP) is 2.88. The van der Waals surface area contributed by atoms with Gasteiger partial charge in [-0.25, -0.2) is 9.78 Å². The van der Waals surface area contributed by atoms with Crippen LogP contribution in [0.15, 0.2) is 47.5 Å². The molecule has 1 aromatic carbocycles. The Labute approximate surface area is 212 Å². The van der Waals surface area contributed by atoms with Crippen molar-refractivity contribution in [1.29, 1.82) is 0 Å². The molecule has 6 rings (SSSR count). The first kappa shape index (κ1) is 23.7. The highest BCUT2D eigenvalue weighted by Crippen LogP contribution is 2.52. The molecule has 2 saturated carbocycles. The minimum atomic E-state index is -1.03. The molecule has 2 aromatic rings. The first-order valence-electron chi connectivity index (χ1n) is 13.6. The molecule has 2 aliphatic heterocycles. The van der Waals surface area contributed by atoms with Gasteiger partial charge in [-0.1, -0.05) is 43.2 Å². The van der Waals surface area contributed by atoms with E-state index in [2.05, 4.69) is 22.4 Å². The number of aliphatic hydroxyl groups is 1. The van der Waals surface area contributed by atoms with Crippen molar-refractivity contribution in [1.82, 2.24) is 24.7 Å². The summed E-state index contributed by atoms with van der Waals surface area (Å²) in [7, 11) is 0. The minimum absolute atomic E-state index is 0.00224. The van der Waals surface area contributed by atoms with E-state index in [4.69, 9.17) is 0 Å². The van der Waals surface area contributed by atoms with Gasteiger partial charge in [0, 0.05) is 50.1 Å². The van der Waals surface area contributed by atoms with E-state index in [1.807, 2.05) is 28.0 Å². The summed E-state index contributed by atoms with van der Waals surface area (Å²) in [5.41, 5.74) is 0.506. The van der Waals surface area contributed by atoms with E-state index in [-0.39, 0.29) is 24.2 Å². The average molecular weight is 492 g/mol. The van der Waals surface area contributed by atoms with Gasteiger partial charge in [0.15, 0.2) is 0 Å². The number of piperazine rings is 1. The molecule has 0 radical (unpaired) electrons. The summed E-state index contributed by atoms with van der Waals surface area (Å²) >= 11 is 0. The lowest BCUT2D eigenvalue weighted by Gasteiger charge is -2.53. The molecule has 0 unspecified atom stereocenters. The molecule has 36 heavy (non-hydrogen) atoms. The van der Waals surface area contributed by atoms with Gasteiger partial charge in [0.1, 0.15) is 0 Å². The van der Waals surface area contributed by atoms with Crippen molar-refractivity contribution < 1.29 is 9.90 Å². The molecule has 192 valence electrons. The number of piperidine rings is 1. The fraction of sp³-hybridized carbons (Fsp3) is 0.607. The first-order valence-corrected chi connectivity index (χ1v) is 13.6. The maximum absolute atomic E-state index is 13.9. The van der Waals surface area contributed by atoms with E-state index in [0.29, 0.717) is 32.0 Å². The van der Waals surface area contributed by atoms with Crippen molar-refractivity contribution in [2.75, 3.05) is 32.7 Å². The number of amides is 2. The highest BCUT2D eigenvalue weighted by Gasteiger charge is 2.56. The van der Waals surface area contributed by atoms with Crippen LogP contribution in [0.3, 0.4) is 0 Å². The van der Waals surface area contributed by atoms with Gasteiger partial charge in [0.05, 0.1) is 30.2 Å². The summed E-state index contributed by atoms with van der Waals surface area (Å²) in [5, 5.41) is 15.5. The van der Waals surface area contributed by atoms with E-state index in [1.165, 1.54) is 0 Å². The van der Waals surface area contributed by atoms with Gasteiger partial charge in [-0.3, -0.25) is 9.36 Å². The van der Waals surface area contributed by atoms with Gasteiger partial charge in [-0.05, 0) is 37.7 Å². The van der Waals surface area contributed by atoms with Gasteiger partial charge in [-0.2, -0.15) is 0 Å². The van der Waals surface area contributed by atoms with Crippen LogP contribution in [-0.2, 0) is 6.54 Å². The third-order valence-corrected chi connectivity index (χ3v) is 9.11. The van der Waals surface area contributed by atoms with Crippen LogP contribution in [0.2, 0.25) is 0 Å². The highest BCUT2D eigenvalue weighted by molar-refractivity contribution is 5.75. The van der Waals surface area contributed by atoms with Gasteiger partial charge < -0.3 is 20.2 Å². The van der Waals surface area contributed by atoms with Gasteiger partial charge in [0.25, 0.3) is 5.56 Å². The van der Waals surface area contributed by atoms with Crippen LogP contribution in [0.25, 0.3) is 0 Å². The predicted molar refractivity (Wildman–Crippen MR) is 137 cm³/mol. The van der Waals surface area contributed by atoms with Gasteiger partial charge in [-0.15, -0.1) is 0 Å². The summed E-state index contributed by atoms with van der Waals surface area (Å²) < 4.78 is 1.59. The number of hydrogen-bond donors (Lipinski definition) is 2. The Hall–Kier alpha value is -2.71. The molecule has 2 aliphatic carbocycles. The Morgan fingerprint density at radius 2 is 1.89 bits per heavy atom. The molecule has 1 spiro atoms. The number of carbonyl (C=O) groups is 1. The Morgan fingerprint density at radius 3 is 2.61 bits per heavy atom. The smallest absolute Gasteiger partial charge is 0.320 e. The lowest BCUT2D eigenvalue weighted by molar-refractivity contribution is -0.137. The monoisotopic (exact) mass is 491 g/mol. The SMILES string of the molecule is O=C(N1CC[C@@](O)(Cn2cnc(C3CC3)cc2=O)C2(CCCC2)C1)N1CCNC[C@H]1c1ccccc1. The molecule has 2 atom stereocenters. The van der Waals surface area contributed by atoms with E-state index < -0.39 is 11.0 Å². The van der Waals surface area contributed by atoms with E-state index >= 15 is 0 Å². The second-order valence-electron chi connectivity index (χ2n) is 11.4. The molecule has 0 bridgehead atoms. The molecule has 3 heterocycles. The molecule has 2 N–H and O–H groups in total. The van der Waals surface area contributed by atoms with E-state index in [0.717, 1.165) is 62.9 Å². The van der Waals surface area contributed by atoms with Crippen LogP contribution in [0.5, 0.6) is 0 Å². The summed E-state index contributed by atoms with van der Waals surface area (Å²) in [6.45, 7) is 3.46. The zero-order chi connectivity index (χ0) is 24.8. The van der Waals surface area contributed by atoms with Crippen molar-refractivity contribution >= 4 is 6.03 Å². The summed E-state index contributed by atoms with van der Waals surface area (Å²) in [5.74, 6) is 0.426. The fourth-order valence-corrected chi connectivity index (χ4v) is 6.79. The Morgan fingerprint density at radius 1 is 1.11 bits per heavy atom. The van der Waals surface area contributed by atoms with Crippen LogP contribution in [-0.4, -0.2) is 68.8 Å².